The SMILES string of the molecule is COC[C@H]1CN(C)c2nc(Cl)nc3cc(C)n1c23. The molecule has 0 aromatic carbocycles. The Kier molecular flexibility index (Phi) is 2.68. The summed E-state index contributed by atoms with van der Waals surface area (Å²) in [5.74, 6) is 0.894. The summed E-state index contributed by atoms with van der Waals surface area (Å²) in [6.07, 6.45) is 0. The molecular weight excluding hydrogens is 252 g/mol. The van der Waals surface area contributed by atoms with E-state index in [-0.39, 0.29) is 6.04 Å². The van der Waals surface area contributed by atoms with E-state index in [9.17, 15) is 0 Å². The average molecular weight is 267 g/mol. The maximum atomic E-state index is 5.97. The van der Waals surface area contributed by atoms with Gasteiger partial charge in [0, 0.05) is 26.4 Å². The maximum Gasteiger partial charge on any atom is 0.225 e. The summed E-state index contributed by atoms with van der Waals surface area (Å²) >= 11 is 5.97. The van der Waals surface area contributed by atoms with Gasteiger partial charge in [0.25, 0.3) is 0 Å². The number of anilines is 1. The van der Waals surface area contributed by atoms with E-state index >= 15 is 0 Å². The van der Waals surface area contributed by atoms with Crippen molar-refractivity contribution >= 4 is 28.5 Å². The van der Waals surface area contributed by atoms with Gasteiger partial charge >= 0.3 is 0 Å². The van der Waals surface area contributed by atoms with Gasteiger partial charge in [0.05, 0.1) is 18.2 Å². The largest absolute Gasteiger partial charge is 0.382 e. The van der Waals surface area contributed by atoms with Crippen LogP contribution in [0.25, 0.3) is 11.0 Å². The normalized spacial score (nSPS) is 18.7. The van der Waals surface area contributed by atoms with E-state index in [0.717, 1.165) is 29.1 Å². The molecule has 0 fully saturated rings. The number of hydrogen-bond donors (Lipinski definition) is 0. The second-order valence-corrected chi connectivity index (χ2v) is 5.03. The van der Waals surface area contributed by atoms with Gasteiger partial charge in [-0.3, -0.25) is 0 Å². The summed E-state index contributed by atoms with van der Waals surface area (Å²) in [7, 11) is 3.75. The van der Waals surface area contributed by atoms with Gasteiger partial charge in [0.15, 0.2) is 5.82 Å². The molecule has 1 aliphatic heterocycles. The molecule has 0 unspecified atom stereocenters. The van der Waals surface area contributed by atoms with Crippen molar-refractivity contribution in [3.63, 3.8) is 0 Å². The molecule has 0 N–H and O–H groups in total. The Balaban J connectivity index is 2.30. The van der Waals surface area contributed by atoms with Gasteiger partial charge in [-0.15, -0.1) is 0 Å². The molecule has 0 spiro atoms. The number of nitrogens with zero attached hydrogens (tertiary/aromatic N) is 4. The molecule has 96 valence electrons. The molecule has 0 bridgehead atoms. The summed E-state index contributed by atoms with van der Waals surface area (Å²) in [5.41, 5.74) is 3.11. The maximum absolute atomic E-state index is 5.97. The van der Waals surface area contributed by atoms with Crippen molar-refractivity contribution in [3.05, 3.63) is 17.0 Å². The highest BCUT2D eigenvalue weighted by Crippen LogP contribution is 2.35. The van der Waals surface area contributed by atoms with Crippen molar-refractivity contribution < 1.29 is 4.74 Å². The first-order valence-electron chi connectivity index (χ1n) is 5.87. The second-order valence-electron chi connectivity index (χ2n) is 4.70. The fraction of sp³-hybridized carbons (Fsp3) is 0.500. The van der Waals surface area contributed by atoms with Crippen molar-refractivity contribution in [2.45, 2.75) is 13.0 Å². The minimum absolute atomic E-state index is 0.287. The lowest BCUT2D eigenvalue weighted by molar-refractivity contribution is 0.157. The molecule has 0 aliphatic carbocycles. The predicted octanol–water partition coefficient (Wildman–Crippen LogP) is 2.03. The quantitative estimate of drug-likeness (QED) is 0.780. The number of likely N-dealkylation sites (N-methyl/N-ethyl adjacent to an activating group) is 1. The van der Waals surface area contributed by atoms with Gasteiger partial charge in [0.1, 0.15) is 5.52 Å². The Bertz CT molecular complexity index is 610. The topological polar surface area (TPSA) is 43.2 Å². The Labute approximate surface area is 110 Å². The van der Waals surface area contributed by atoms with Crippen LogP contribution in [0.2, 0.25) is 5.28 Å². The van der Waals surface area contributed by atoms with Gasteiger partial charge in [-0.25, -0.2) is 4.98 Å². The summed E-state index contributed by atoms with van der Waals surface area (Å²) in [6, 6.07) is 2.34. The highest BCUT2D eigenvalue weighted by atomic mass is 35.5. The lowest BCUT2D eigenvalue weighted by Gasteiger charge is -2.33. The van der Waals surface area contributed by atoms with E-state index in [0.29, 0.717) is 11.9 Å². The zero-order valence-electron chi connectivity index (χ0n) is 10.6. The first-order valence-corrected chi connectivity index (χ1v) is 6.24. The van der Waals surface area contributed by atoms with Crippen LogP contribution in [0.4, 0.5) is 5.82 Å². The molecule has 1 aliphatic rings. The van der Waals surface area contributed by atoms with Crippen LogP contribution >= 0.6 is 11.6 Å². The van der Waals surface area contributed by atoms with E-state index < -0.39 is 0 Å². The van der Waals surface area contributed by atoms with Crippen molar-refractivity contribution in [3.8, 4) is 0 Å². The minimum atomic E-state index is 0.287. The number of aromatic nitrogens is 3. The average Bonchev–Trinajstić information content (AvgIpc) is 2.62. The van der Waals surface area contributed by atoms with Crippen LogP contribution < -0.4 is 4.90 Å². The number of ether oxygens (including phenoxy) is 1. The first kappa shape index (κ1) is 11.7. The molecular formula is C12H15ClN4O. The van der Waals surface area contributed by atoms with E-state index in [2.05, 4.69) is 26.4 Å². The van der Waals surface area contributed by atoms with Crippen molar-refractivity contribution in [2.75, 3.05) is 32.2 Å². The number of aryl methyl sites for hydroxylation is 1. The zero-order valence-corrected chi connectivity index (χ0v) is 11.4. The number of halogens is 1. The molecule has 2 aromatic heterocycles. The van der Waals surface area contributed by atoms with Crippen LogP contribution in [0.15, 0.2) is 6.07 Å². The lowest BCUT2D eigenvalue weighted by Crippen LogP contribution is -2.35. The summed E-state index contributed by atoms with van der Waals surface area (Å²) < 4.78 is 7.56. The highest BCUT2D eigenvalue weighted by Gasteiger charge is 2.28. The Hall–Kier alpha value is -1.33. The van der Waals surface area contributed by atoms with Crippen LogP contribution in [0.1, 0.15) is 11.7 Å². The number of rotatable bonds is 2. The minimum Gasteiger partial charge on any atom is -0.382 e. The van der Waals surface area contributed by atoms with Gasteiger partial charge in [-0.1, -0.05) is 0 Å². The molecule has 3 heterocycles. The Morgan fingerprint density at radius 3 is 3.00 bits per heavy atom. The van der Waals surface area contributed by atoms with Crippen LogP contribution in [-0.4, -0.2) is 41.8 Å². The molecule has 0 saturated carbocycles. The fourth-order valence-electron chi connectivity index (χ4n) is 2.75. The van der Waals surface area contributed by atoms with Crippen LogP contribution in [0, 0.1) is 6.92 Å². The molecule has 18 heavy (non-hydrogen) atoms. The molecule has 0 amide bonds. The third kappa shape index (κ3) is 1.58. The molecule has 5 nitrogen and oxygen atoms in total. The summed E-state index contributed by atoms with van der Waals surface area (Å²) in [4.78, 5) is 10.7. The van der Waals surface area contributed by atoms with Gasteiger partial charge in [-0.2, -0.15) is 4.98 Å². The number of hydrogen-bond acceptors (Lipinski definition) is 4. The molecule has 0 radical (unpaired) electrons. The Morgan fingerprint density at radius 1 is 1.50 bits per heavy atom. The lowest BCUT2D eigenvalue weighted by atomic mass is 10.2. The summed E-state index contributed by atoms with van der Waals surface area (Å²) in [6.45, 7) is 3.61. The zero-order chi connectivity index (χ0) is 12.9. The van der Waals surface area contributed by atoms with Crippen LogP contribution in [0.5, 0.6) is 0 Å². The number of methoxy groups -OCH3 is 1. The van der Waals surface area contributed by atoms with E-state index in [1.54, 1.807) is 7.11 Å². The molecule has 2 aromatic rings. The van der Waals surface area contributed by atoms with Crippen LogP contribution in [0.3, 0.4) is 0 Å². The smallest absolute Gasteiger partial charge is 0.225 e. The second kappa shape index (κ2) is 4.10. The monoisotopic (exact) mass is 266 g/mol. The third-order valence-electron chi connectivity index (χ3n) is 3.40. The summed E-state index contributed by atoms with van der Waals surface area (Å²) in [5, 5.41) is 0.298. The van der Waals surface area contributed by atoms with Gasteiger partial charge in [-0.05, 0) is 24.6 Å². The van der Waals surface area contributed by atoms with Crippen molar-refractivity contribution in [2.24, 2.45) is 0 Å². The van der Waals surface area contributed by atoms with E-state index in [4.69, 9.17) is 16.3 Å². The fourth-order valence-corrected chi connectivity index (χ4v) is 2.92. The Morgan fingerprint density at radius 2 is 2.28 bits per heavy atom. The van der Waals surface area contributed by atoms with Crippen molar-refractivity contribution in [1.82, 2.24) is 14.5 Å². The first-order chi connectivity index (χ1) is 8.61. The van der Waals surface area contributed by atoms with Crippen molar-refractivity contribution in [1.29, 1.82) is 0 Å². The van der Waals surface area contributed by atoms with Crippen LogP contribution in [-0.2, 0) is 4.74 Å². The standard InChI is InChI=1S/C12H15ClN4O/c1-7-4-9-10-11(15-12(13)14-9)16(2)5-8(6-18-3)17(7)10/h4,8H,5-6H2,1-3H3/t8-/m1/s1. The van der Waals surface area contributed by atoms with Gasteiger partial charge < -0.3 is 14.2 Å². The van der Waals surface area contributed by atoms with E-state index in [1.807, 2.05) is 13.1 Å². The molecule has 6 heteroatoms. The molecule has 0 saturated heterocycles. The third-order valence-corrected chi connectivity index (χ3v) is 3.57. The van der Waals surface area contributed by atoms with E-state index in [1.165, 1.54) is 0 Å². The predicted molar refractivity (Wildman–Crippen MR) is 71.5 cm³/mol. The molecule has 1 atom stereocenters. The van der Waals surface area contributed by atoms with Gasteiger partial charge in [0.2, 0.25) is 5.28 Å². The highest BCUT2D eigenvalue weighted by molar-refractivity contribution is 6.28. The molecule has 3 rings (SSSR count).